The van der Waals surface area contributed by atoms with Crippen molar-refractivity contribution >= 4 is 33.5 Å². The zero-order valence-corrected chi connectivity index (χ0v) is 18.1. The van der Waals surface area contributed by atoms with E-state index in [2.05, 4.69) is 5.32 Å². The van der Waals surface area contributed by atoms with Crippen molar-refractivity contribution in [1.29, 1.82) is 5.26 Å². The van der Waals surface area contributed by atoms with E-state index < -0.39 is 20.9 Å². The Morgan fingerprint density at radius 3 is 2.45 bits per heavy atom. The topological polar surface area (TPSA) is 139 Å². The van der Waals surface area contributed by atoms with Crippen molar-refractivity contribution < 1.29 is 22.3 Å². The molecule has 3 rings (SSSR count). The lowest BCUT2D eigenvalue weighted by Gasteiger charge is -2.10. The van der Waals surface area contributed by atoms with Gasteiger partial charge in [0.1, 0.15) is 22.3 Å². The number of aryl methyl sites for hydroxylation is 1. The predicted octanol–water partition coefficient (Wildman–Crippen LogP) is 4.22. The van der Waals surface area contributed by atoms with E-state index in [9.17, 15) is 28.6 Å². The van der Waals surface area contributed by atoms with E-state index in [-0.39, 0.29) is 33.2 Å². The SMILES string of the molecule is Cc1ccc(S(=O)(=O)Oc2ccccc2/C=C(\C#N)C(=O)Nc2cccc([N+](=O)[O-])c2)cc1. The molecule has 0 radical (unpaired) electrons. The van der Waals surface area contributed by atoms with Gasteiger partial charge in [-0.05, 0) is 37.3 Å². The van der Waals surface area contributed by atoms with E-state index in [1.165, 1.54) is 48.5 Å². The van der Waals surface area contributed by atoms with Gasteiger partial charge in [-0.15, -0.1) is 0 Å². The molecular formula is C23H17N3O6S. The zero-order valence-electron chi connectivity index (χ0n) is 17.3. The molecule has 3 aromatic rings. The summed E-state index contributed by atoms with van der Waals surface area (Å²) in [7, 11) is -4.15. The highest BCUT2D eigenvalue weighted by Gasteiger charge is 2.19. The van der Waals surface area contributed by atoms with Crippen LogP contribution in [0.15, 0.2) is 83.3 Å². The number of non-ortho nitro benzene ring substituents is 1. The summed E-state index contributed by atoms with van der Waals surface area (Å²) in [5.41, 5.74) is 0.604. The Hall–Kier alpha value is -4.49. The van der Waals surface area contributed by atoms with E-state index in [1.807, 2.05) is 6.92 Å². The summed E-state index contributed by atoms with van der Waals surface area (Å²) in [6.07, 6.45) is 1.17. The number of nitrogens with zero attached hydrogens (tertiary/aromatic N) is 2. The van der Waals surface area contributed by atoms with Crippen LogP contribution in [-0.4, -0.2) is 19.2 Å². The van der Waals surface area contributed by atoms with Crippen LogP contribution in [0.4, 0.5) is 11.4 Å². The quantitative estimate of drug-likeness (QED) is 0.182. The molecule has 0 saturated carbocycles. The number of nitriles is 1. The average molecular weight is 463 g/mol. The second-order valence-corrected chi connectivity index (χ2v) is 8.37. The average Bonchev–Trinajstić information content (AvgIpc) is 2.78. The molecule has 3 aromatic carbocycles. The summed E-state index contributed by atoms with van der Waals surface area (Å²) < 4.78 is 30.5. The molecule has 0 bridgehead atoms. The van der Waals surface area contributed by atoms with Gasteiger partial charge in [0.15, 0.2) is 0 Å². The molecule has 10 heteroatoms. The fourth-order valence-corrected chi connectivity index (χ4v) is 3.70. The number of para-hydroxylation sites is 1. The summed E-state index contributed by atoms with van der Waals surface area (Å²) in [5, 5.41) is 22.8. The minimum Gasteiger partial charge on any atom is -0.378 e. The number of benzene rings is 3. The van der Waals surface area contributed by atoms with Crippen molar-refractivity contribution in [3.63, 3.8) is 0 Å². The smallest absolute Gasteiger partial charge is 0.339 e. The van der Waals surface area contributed by atoms with E-state index >= 15 is 0 Å². The second kappa shape index (κ2) is 9.76. The van der Waals surface area contributed by atoms with Crippen LogP contribution in [0.1, 0.15) is 11.1 Å². The number of hydrogen-bond acceptors (Lipinski definition) is 7. The zero-order chi connectivity index (χ0) is 24.0. The molecule has 0 heterocycles. The Morgan fingerprint density at radius 2 is 1.79 bits per heavy atom. The number of amides is 1. The number of nitrogens with one attached hydrogen (secondary N) is 1. The van der Waals surface area contributed by atoms with Crippen LogP contribution in [0, 0.1) is 28.4 Å². The first-order valence-corrected chi connectivity index (χ1v) is 10.9. The number of rotatable bonds is 7. The Bertz CT molecular complexity index is 1390. The monoisotopic (exact) mass is 463 g/mol. The first-order chi connectivity index (χ1) is 15.7. The lowest BCUT2D eigenvalue weighted by Crippen LogP contribution is -2.14. The third-order valence-electron chi connectivity index (χ3n) is 4.41. The van der Waals surface area contributed by atoms with Gasteiger partial charge in [0.25, 0.3) is 11.6 Å². The fraction of sp³-hybridized carbons (Fsp3) is 0.0435. The molecule has 0 atom stereocenters. The van der Waals surface area contributed by atoms with Gasteiger partial charge in [0.2, 0.25) is 0 Å². The molecule has 0 aromatic heterocycles. The highest BCUT2D eigenvalue weighted by molar-refractivity contribution is 7.87. The van der Waals surface area contributed by atoms with E-state index in [1.54, 1.807) is 30.3 Å². The maximum atomic E-state index is 12.6. The van der Waals surface area contributed by atoms with Crippen molar-refractivity contribution in [3.8, 4) is 11.8 Å². The normalized spacial score (nSPS) is 11.3. The van der Waals surface area contributed by atoms with Crippen molar-refractivity contribution in [3.05, 3.63) is 99.6 Å². The molecule has 0 fully saturated rings. The van der Waals surface area contributed by atoms with Gasteiger partial charge in [-0.25, -0.2) is 0 Å². The maximum absolute atomic E-state index is 12.6. The van der Waals surface area contributed by atoms with E-state index in [4.69, 9.17) is 4.18 Å². The van der Waals surface area contributed by atoms with Crippen LogP contribution in [0.2, 0.25) is 0 Å². The van der Waals surface area contributed by atoms with Crippen LogP contribution in [0.5, 0.6) is 5.75 Å². The van der Waals surface area contributed by atoms with Crippen LogP contribution in [0.25, 0.3) is 6.08 Å². The molecular weight excluding hydrogens is 446 g/mol. The van der Waals surface area contributed by atoms with Crippen molar-refractivity contribution in [1.82, 2.24) is 0 Å². The molecule has 0 aliphatic carbocycles. The molecule has 0 unspecified atom stereocenters. The Balaban J connectivity index is 1.88. The summed E-state index contributed by atoms with van der Waals surface area (Å²) >= 11 is 0. The summed E-state index contributed by atoms with van der Waals surface area (Å²) in [5.74, 6) is -0.900. The first-order valence-electron chi connectivity index (χ1n) is 9.47. The van der Waals surface area contributed by atoms with Gasteiger partial charge in [0, 0.05) is 23.4 Å². The molecule has 0 aliphatic rings. The van der Waals surface area contributed by atoms with Crippen LogP contribution >= 0.6 is 0 Å². The lowest BCUT2D eigenvalue weighted by atomic mass is 10.1. The highest BCUT2D eigenvalue weighted by Crippen LogP contribution is 2.26. The molecule has 166 valence electrons. The minimum atomic E-state index is -4.15. The number of carbonyl (C=O) groups is 1. The number of hydrogen-bond donors (Lipinski definition) is 1. The summed E-state index contributed by atoms with van der Waals surface area (Å²) in [4.78, 5) is 22.8. The molecule has 9 nitrogen and oxygen atoms in total. The second-order valence-electron chi connectivity index (χ2n) is 6.82. The van der Waals surface area contributed by atoms with Gasteiger partial charge in [0.05, 0.1) is 4.92 Å². The molecule has 0 aliphatic heterocycles. The molecule has 33 heavy (non-hydrogen) atoms. The number of anilines is 1. The minimum absolute atomic E-state index is 0.0456. The van der Waals surface area contributed by atoms with Crippen LogP contribution in [-0.2, 0) is 14.9 Å². The van der Waals surface area contributed by atoms with Crippen LogP contribution < -0.4 is 9.50 Å². The number of nitro groups is 1. The van der Waals surface area contributed by atoms with Gasteiger partial charge in [-0.2, -0.15) is 13.7 Å². The summed E-state index contributed by atoms with van der Waals surface area (Å²) in [6.45, 7) is 1.82. The van der Waals surface area contributed by atoms with Gasteiger partial charge in [-0.1, -0.05) is 42.0 Å². The molecule has 1 N–H and O–H groups in total. The number of carbonyl (C=O) groups excluding carboxylic acids is 1. The molecule has 0 saturated heterocycles. The summed E-state index contributed by atoms with van der Waals surface area (Å²) in [6, 6.07) is 19.1. The molecule has 0 spiro atoms. The van der Waals surface area contributed by atoms with E-state index in [0.29, 0.717) is 0 Å². The Kier molecular flexibility index (Phi) is 6.85. The highest BCUT2D eigenvalue weighted by atomic mass is 32.2. The van der Waals surface area contributed by atoms with Gasteiger partial charge < -0.3 is 9.50 Å². The Labute approximate surface area is 189 Å². The van der Waals surface area contributed by atoms with Gasteiger partial charge >= 0.3 is 10.1 Å². The van der Waals surface area contributed by atoms with Crippen molar-refractivity contribution in [2.45, 2.75) is 11.8 Å². The van der Waals surface area contributed by atoms with Crippen LogP contribution in [0.3, 0.4) is 0 Å². The van der Waals surface area contributed by atoms with Crippen molar-refractivity contribution in [2.24, 2.45) is 0 Å². The fourth-order valence-electron chi connectivity index (χ4n) is 2.75. The van der Waals surface area contributed by atoms with E-state index in [0.717, 1.165) is 11.6 Å². The number of nitro benzene ring substituents is 1. The van der Waals surface area contributed by atoms with Crippen molar-refractivity contribution in [2.75, 3.05) is 5.32 Å². The lowest BCUT2D eigenvalue weighted by molar-refractivity contribution is -0.384. The maximum Gasteiger partial charge on any atom is 0.339 e. The third kappa shape index (κ3) is 5.81. The Morgan fingerprint density at radius 1 is 1.09 bits per heavy atom. The largest absolute Gasteiger partial charge is 0.378 e. The molecule has 1 amide bonds. The van der Waals surface area contributed by atoms with Gasteiger partial charge in [-0.3, -0.25) is 14.9 Å². The standard InChI is InChI=1S/C23H17N3O6S/c1-16-9-11-21(12-10-16)33(30,31)32-22-8-3-2-5-17(22)13-18(15-24)23(27)25-19-6-4-7-20(14-19)26(28)29/h2-14H,1H3,(H,25,27)/b18-13+. The third-order valence-corrected chi connectivity index (χ3v) is 5.66. The first kappa shape index (κ1) is 23.2. The predicted molar refractivity (Wildman–Crippen MR) is 121 cm³/mol.